The topological polar surface area (TPSA) is 99.4 Å². The first-order chi connectivity index (χ1) is 13.4. The summed E-state index contributed by atoms with van der Waals surface area (Å²) in [6.07, 6.45) is 1.95. The van der Waals surface area contributed by atoms with Crippen molar-refractivity contribution in [3.8, 4) is 0 Å². The summed E-state index contributed by atoms with van der Waals surface area (Å²) in [6, 6.07) is 9.78. The third-order valence-electron chi connectivity index (χ3n) is 6.10. The highest BCUT2D eigenvalue weighted by atomic mass is 32.2. The standard InChI is InChI=1S/C20H27N5O2S/c1-13-16(21)20(12-27-13)8-10-25(11-9-20)19-23-17(22)15(18(26)24(19)2)28-14-6-4-3-5-7-14/h3-7,13,16H,8-12,21-22H2,1-2H3/t13-,16+/m0/s1. The smallest absolute Gasteiger partial charge is 0.270 e. The molecule has 28 heavy (non-hydrogen) atoms. The molecule has 1 spiro atoms. The Morgan fingerprint density at radius 2 is 1.93 bits per heavy atom. The maximum Gasteiger partial charge on any atom is 0.270 e. The molecule has 4 rings (SSSR count). The molecule has 0 saturated carbocycles. The molecule has 2 aliphatic heterocycles. The predicted molar refractivity (Wildman–Crippen MR) is 112 cm³/mol. The van der Waals surface area contributed by atoms with E-state index in [1.807, 2.05) is 37.3 Å². The molecule has 2 aliphatic rings. The third kappa shape index (κ3) is 3.29. The van der Waals surface area contributed by atoms with Crippen LogP contribution in [-0.4, -0.2) is 41.4 Å². The van der Waals surface area contributed by atoms with Crippen LogP contribution in [-0.2, 0) is 11.8 Å². The molecule has 0 aliphatic carbocycles. The fourth-order valence-electron chi connectivity index (χ4n) is 4.20. The number of nitrogens with zero attached hydrogens (tertiary/aromatic N) is 3. The average molecular weight is 402 g/mol. The molecular formula is C20H27N5O2S. The molecule has 2 atom stereocenters. The molecule has 4 N–H and O–H groups in total. The molecule has 1 aromatic carbocycles. The van der Waals surface area contributed by atoms with Gasteiger partial charge in [0.2, 0.25) is 5.95 Å². The average Bonchev–Trinajstić information content (AvgIpc) is 2.98. The molecular weight excluding hydrogens is 374 g/mol. The van der Waals surface area contributed by atoms with Crippen molar-refractivity contribution >= 4 is 23.5 Å². The zero-order valence-electron chi connectivity index (χ0n) is 16.3. The molecule has 7 nitrogen and oxygen atoms in total. The van der Waals surface area contributed by atoms with Crippen molar-refractivity contribution < 1.29 is 4.74 Å². The SMILES string of the molecule is C[C@@H]1OCC2(CCN(c3nc(N)c(Sc4ccccc4)c(=O)n3C)CC2)[C@@H]1N. The van der Waals surface area contributed by atoms with Gasteiger partial charge in [-0.25, -0.2) is 0 Å². The van der Waals surface area contributed by atoms with Crippen molar-refractivity contribution in [2.45, 2.75) is 41.7 Å². The molecule has 8 heteroatoms. The molecule has 2 saturated heterocycles. The number of rotatable bonds is 3. The fraction of sp³-hybridized carbons (Fsp3) is 0.500. The highest BCUT2D eigenvalue weighted by Gasteiger charge is 2.47. The lowest BCUT2D eigenvalue weighted by Gasteiger charge is -2.41. The summed E-state index contributed by atoms with van der Waals surface area (Å²) in [6.45, 7) is 4.33. The first-order valence-corrected chi connectivity index (χ1v) is 10.4. The normalized spacial score (nSPS) is 24.0. The second-order valence-corrected chi connectivity index (χ2v) is 8.88. The lowest BCUT2D eigenvalue weighted by molar-refractivity contribution is 0.0973. The summed E-state index contributed by atoms with van der Waals surface area (Å²) in [5.74, 6) is 0.900. The van der Waals surface area contributed by atoms with E-state index in [4.69, 9.17) is 16.2 Å². The number of ether oxygens (including phenoxy) is 1. The van der Waals surface area contributed by atoms with Crippen LogP contribution in [0.1, 0.15) is 19.8 Å². The van der Waals surface area contributed by atoms with Gasteiger partial charge in [0.05, 0.1) is 12.7 Å². The Labute approximate surface area is 169 Å². The summed E-state index contributed by atoms with van der Waals surface area (Å²) >= 11 is 1.35. The summed E-state index contributed by atoms with van der Waals surface area (Å²) < 4.78 is 7.40. The van der Waals surface area contributed by atoms with Gasteiger partial charge in [-0.05, 0) is 31.9 Å². The van der Waals surface area contributed by atoms with E-state index >= 15 is 0 Å². The van der Waals surface area contributed by atoms with Crippen LogP contribution in [0, 0.1) is 5.41 Å². The van der Waals surface area contributed by atoms with Gasteiger partial charge in [0.15, 0.2) is 0 Å². The minimum atomic E-state index is -0.119. The summed E-state index contributed by atoms with van der Waals surface area (Å²) in [4.78, 5) is 21.1. The number of nitrogen functional groups attached to an aromatic ring is 1. The van der Waals surface area contributed by atoms with E-state index < -0.39 is 0 Å². The Morgan fingerprint density at radius 3 is 2.54 bits per heavy atom. The van der Waals surface area contributed by atoms with E-state index in [0.717, 1.165) is 30.8 Å². The number of hydrogen-bond acceptors (Lipinski definition) is 7. The molecule has 0 unspecified atom stereocenters. The monoisotopic (exact) mass is 401 g/mol. The molecule has 0 bridgehead atoms. The predicted octanol–water partition coefficient (Wildman–Crippen LogP) is 1.85. The number of aromatic nitrogens is 2. The highest BCUT2D eigenvalue weighted by Crippen LogP contribution is 2.41. The van der Waals surface area contributed by atoms with Crippen LogP contribution in [0.3, 0.4) is 0 Å². The highest BCUT2D eigenvalue weighted by molar-refractivity contribution is 7.99. The van der Waals surface area contributed by atoms with Crippen LogP contribution in [0.4, 0.5) is 11.8 Å². The van der Waals surface area contributed by atoms with Crippen molar-refractivity contribution in [3.05, 3.63) is 40.7 Å². The van der Waals surface area contributed by atoms with Crippen molar-refractivity contribution in [1.82, 2.24) is 9.55 Å². The summed E-state index contributed by atoms with van der Waals surface area (Å²) in [7, 11) is 1.76. The van der Waals surface area contributed by atoms with Gasteiger partial charge < -0.3 is 21.1 Å². The Kier molecular flexibility index (Phi) is 5.11. The second-order valence-electron chi connectivity index (χ2n) is 7.80. The number of benzene rings is 1. The van der Waals surface area contributed by atoms with Crippen molar-refractivity contribution in [1.29, 1.82) is 0 Å². The number of piperidine rings is 1. The van der Waals surface area contributed by atoms with Crippen LogP contribution < -0.4 is 21.9 Å². The van der Waals surface area contributed by atoms with Crippen LogP contribution in [0.15, 0.2) is 44.9 Å². The third-order valence-corrected chi connectivity index (χ3v) is 7.20. The lowest BCUT2D eigenvalue weighted by atomic mass is 9.73. The van der Waals surface area contributed by atoms with Crippen molar-refractivity contribution in [2.24, 2.45) is 18.2 Å². The zero-order valence-corrected chi connectivity index (χ0v) is 17.1. The van der Waals surface area contributed by atoms with Crippen LogP contribution in [0.5, 0.6) is 0 Å². The van der Waals surface area contributed by atoms with Crippen LogP contribution in [0.25, 0.3) is 0 Å². The largest absolute Gasteiger partial charge is 0.382 e. The molecule has 2 aromatic rings. The Morgan fingerprint density at radius 1 is 1.25 bits per heavy atom. The van der Waals surface area contributed by atoms with Gasteiger partial charge in [-0.3, -0.25) is 9.36 Å². The minimum Gasteiger partial charge on any atom is -0.382 e. The minimum absolute atomic E-state index is 0.0312. The molecule has 1 aromatic heterocycles. The Hall–Kier alpha value is -2.03. The second kappa shape index (κ2) is 7.42. The van der Waals surface area contributed by atoms with Gasteiger partial charge in [0.1, 0.15) is 10.7 Å². The van der Waals surface area contributed by atoms with E-state index in [2.05, 4.69) is 9.88 Å². The first kappa shape index (κ1) is 19.3. The molecule has 2 fully saturated rings. The van der Waals surface area contributed by atoms with Gasteiger partial charge in [-0.15, -0.1) is 0 Å². The summed E-state index contributed by atoms with van der Waals surface area (Å²) in [5, 5.41) is 0. The van der Waals surface area contributed by atoms with Gasteiger partial charge >= 0.3 is 0 Å². The number of nitrogens with two attached hydrogens (primary N) is 2. The number of anilines is 2. The van der Waals surface area contributed by atoms with Crippen molar-refractivity contribution in [2.75, 3.05) is 30.3 Å². The maximum absolute atomic E-state index is 13.0. The number of hydrogen-bond donors (Lipinski definition) is 2. The first-order valence-electron chi connectivity index (χ1n) is 9.63. The van der Waals surface area contributed by atoms with Gasteiger partial charge in [0, 0.05) is 36.5 Å². The van der Waals surface area contributed by atoms with Gasteiger partial charge in [0.25, 0.3) is 5.56 Å². The van der Waals surface area contributed by atoms with Gasteiger partial charge in [-0.2, -0.15) is 4.98 Å². The quantitative estimate of drug-likeness (QED) is 0.810. The Balaban J connectivity index is 1.56. The maximum atomic E-state index is 13.0. The van der Waals surface area contributed by atoms with E-state index in [9.17, 15) is 4.79 Å². The van der Waals surface area contributed by atoms with E-state index in [1.54, 1.807) is 11.6 Å². The zero-order chi connectivity index (χ0) is 19.9. The molecule has 3 heterocycles. The lowest BCUT2D eigenvalue weighted by Crippen LogP contribution is -2.51. The fourth-order valence-corrected chi connectivity index (χ4v) is 5.10. The van der Waals surface area contributed by atoms with E-state index in [1.165, 1.54) is 11.8 Å². The van der Waals surface area contributed by atoms with Crippen molar-refractivity contribution in [3.63, 3.8) is 0 Å². The summed E-state index contributed by atoms with van der Waals surface area (Å²) in [5.41, 5.74) is 12.5. The van der Waals surface area contributed by atoms with Gasteiger partial charge in [-0.1, -0.05) is 30.0 Å². The molecule has 0 radical (unpaired) electrons. The van der Waals surface area contributed by atoms with E-state index in [0.29, 0.717) is 17.5 Å². The van der Waals surface area contributed by atoms with E-state index in [-0.39, 0.29) is 28.9 Å². The van der Waals surface area contributed by atoms with Crippen LogP contribution >= 0.6 is 11.8 Å². The molecule has 150 valence electrons. The molecule has 0 amide bonds. The van der Waals surface area contributed by atoms with Crippen LogP contribution in [0.2, 0.25) is 0 Å². The Bertz CT molecular complexity index is 909.